The first-order valence-electron chi connectivity index (χ1n) is 26.5. The lowest BCUT2D eigenvalue weighted by atomic mass is 10.0. The second-order valence-electron chi connectivity index (χ2n) is 17.6. The summed E-state index contributed by atoms with van der Waals surface area (Å²) >= 11 is 0. The Balaban J connectivity index is 3.43. The molecule has 0 bridgehead atoms. The molecule has 0 spiro atoms. The Morgan fingerprint density at radius 1 is 0.410 bits per heavy atom. The van der Waals surface area contributed by atoms with Gasteiger partial charge in [0.2, 0.25) is 0 Å². The van der Waals surface area contributed by atoms with E-state index in [-0.39, 0.29) is 12.6 Å². The number of hydrogen-bond donors (Lipinski definition) is 1. The van der Waals surface area contributed by atoms with E-state index in [2.05, 4.69) is 86.8 Å². The van der Waals surface area contributed by atoms with Crippen molar-refractivity contribution < 1.29 is 19.4 Å². The standard InChI is InChI=1S/C57H102O4/c1-3-5-7-9-11-13-15-17-19-21-23-25-27-28-29-31-33-35-37-39-41-43-45-47-49-51-53-60-55-56(54-58)61-57(59)52-50-48-46-44-42-40-38-36-34-32-30-26-24-22-20-18-16-14-12-10-8-6-4-2/h5,7,11,13,17,19,22-25,28-29,56,58H,3-4,6,8-10,12,14-16,18,20-21,26-27,30-55H2,1-2H3/b7-5-,13-11-,19-17-,24-22-,25-23-,29-28-. The molecule has 61 heavy (non-hydrogen) atoms. The van der Waals surface area contributed by atoms with Gasteiger partial charge in [-0.05, 0) is 83.5 Å². The van der Waals surface area contributed by atoms with Crippen LogP contribution >= 0.6 is 0 Å². The summed E-state index contributed by atoms with van der Waals surface area (Å²) < 4.78 is 11.2. The third-order valence-corrected chi connectivity index (χ3v) is 11.5. The molecule has 0 fully saturated rings. The number of esters is 1. The molecule has 0 amide bonds. The molecule has 0 aliphatic carbocycles. The van der Waals surface area contributed by atoms with E-state index in [0.717, 1.165) is 51.4 Å². The maximum absolute atomic E-state index is 12.3. The van der Waals surface area contributed by atoms with Crippen molar-refractivity contribution in [2.24, 2.45) is 0 Å². The summed E-state index contributed by atoms with van der Waals surface area (Å²) in [6, 6.07) is 0. The molecule has 1 N–H and O–H groups in total. The predicted molar refractivity (Wildman–Crippen MR) is 269 cm³/mol. The molecule has 0 aromatic heterocycles. The minimum absolute atomic E-state index is 0.175. The Morgan fingerprint density at radius 3 is 1.13 bits per heavy atom. The Morgan fingerprint density at radius 2 is 0.738 bits per heavy atom. The van der Waals surface area contributed by atoms with Gasteiger partial charge in [-0.15, -0.1) is 0 Å². The topological polar surface area (TPSA) is 55.8 Å². The van der Waals surface area contributed by atoms with E-state index in [0.29, 0.717) is 19.6 Å². The lowest BCUT2D eigenvalue weighted by molar-refractivity contribution is -0.154. The van der Waals surface area contributed by atoms with Crippen LogP contribution in [0.25, 0.3) is 0 Å². The maximum Gasteiger partial charge on any atom is 0.306 e. The van der Waals surface area contributed by atoms with Gasteiger partial charge >= 0.3 is 5.97 Å². The van der Waals surface area contributed by atoms with Gasteiger partial charge in [-0.1, -0.05) is 241 Å². The Labute approximate surface area is 380 Å². The number of carbonyl (C=O) groups excluding carboxylic acids is 1. The zero-order chi connectivity index (χ0) is 44.0. The lowest BCUT2D eigenvalue weighted by Gasteiger charge is -2.16. The molecule has 0 aliphatic heterocycles. The van der Waals surface area contributed by atoms with Gasteiger partial charge < -0.3 is 14.6 Å². The summed E-state index contributed by atoms with van der Waals surface area (Å²) in [5.41, 5.74) is 0. The van der Waals surface area contributed by atoms with Crippen molar-refractivity contribution >= 4 is 5.97 Å². The first-order chi connectivity index (χ1) is 30.2. The third kappa shape index (κ3) is 52.1. The second-order valence-corrected chi connectivity index (χ2v) is 17.6. The quantitative estimate of drug-likeness (QED) is 0.0376. The highest BCUT2D eigenvalue weighted by atomic mass is 16.6. The van der Waals surface area contributed by atoms with E-state index in [1.165, 1.54) is 186 Å². The molecule has 0 heterocycles. The van der Waals surface area contributed by atoms with Crippen LogP contribution in [0.1, 0.15) is 258 Å². The highest BCUT2D eigenvalue weighted by Gasteiger charge is 2.13. The van der Waals surface area contributed by atoms with E-state index < -0.39 is 6.10 Å². The van der Waals surface area contributed by atoms with E-state index in [9.17, 15) is 9.90 Å². The van der Waals surface area contributed by atoms with E-state index in [1.54, 1.807) is 0 Å². The molecule has 0 aromatic rings. The molecule has 0 rings (SSSR count). The second kappa shape index (κ2) is 54.0. The Kier molecular flexibility index (Phi) is 52.0. The SMILES string of the molecule is CC/C=C\C/C=C\C/C=C\C/C=C\C/C=C\CCCCCCCCCCCCOCC(CO)OC(=O)CCCCCCCCCCCCC/C=C\CCCCCCCCCC. The molecular weight excluding hydrogens is 749 g/mol. The average molecular weight is 851 g/mol. The first kappa shape index (κ1) is 58.8. The van der Waals surface area contributed by atoms with Gasteiger partial charge in [-0.25, -0.2) is 0 Å². The number of aliphatic hydroxyl groups is 1. The van der Waals surface area contributed by atoms with Crippen LogP contribution in [0.3, 0.4) is 0 Å². The van der Waals surface area contributed by atoms with Crippen LogP contribution in [-0.4, -0.2) is 37.0 Å². The van der Waals surface area contributed by atoms with Crippen LogP contribution in [0.2, 0.25) is 0 Å². The average Bonchev–Trinajstić information content (AvgIpc) is 3.27. The van der Waals surface area contributed by atoms with Crippen LogP contribution in [-0.2, 0) is 14.3 Å². The predicted octanol–water partition coefficient (Wildman–Crippen LogP) is 18.1. The Bertz CT molecular complexity index is 1040. The van der Waals surface area contributed by atoms with Gasteiger partial charge in [0, 0.05) is 13.0 Å². The van der Waals surface area contributed by atoms with Gasteiger partial charge in [0.15, 0.2) is 0 Å². The molecule has 0 aromatic carbocycles. The minimum Gasteiger partial charge on any atom is -0.457 e. The number of hydrogen-bond acceptors (Lipinski definition) is 4. The summed E-state index contributed by atoms with van der Waals surface area (Å²) in [5.74, 6) is -0.202. The molecule has 0 saturated carbocycles. The zero-order valence-electron chi connectivity index (χ0n) is 40.7. The summed E-state index contributed by atoms with van der Waals surface area (Å²) in [6.07, 6.45) is 74.3. The molecule has 1 atom stereocenters. The fourth-order valence-corrected chi connectivity index (χ4v) is 7.59. The smallest absolute Gasteiger partial charge is 0.306 e. The van der Waals surface area contributed by atoms with Crippen molar-refractivity contribution in [1.82, 2.24) is 0 Å². The molecule has 0 aliphatic rings. The zero-order valence-corrected chi connectivity index (χ0v) is 40.7. The first-order valence-corrected chi connectivity index (χ1v) is 26.5. The summed E-state index contributed by atoms with van der Waals surface area (Å²) in [6.45, 7) is 5.24. The summed E-state index contributed by atoms with van der Waals surface area (Å²) in [7, 11) is 0. The van der Waals surface area contributed by atoms with Gasteiger partial charge in [0.05, 0.1) is 13.2 Å². The maximum atomic E-state index is 12.3. The van der Waals surface area contributed by atoms with E-state index in [1.807, 2.05) is 0 Å². The van der Waals surface area contributed by atoms with Crippen molar-refractivity contribution in [2.75, 3.05) is 19.8 Å². The van der Waals surface area contributed by atoms with Crippen molar-refractivity contribution in [2.45, 2.75) is 264 Å². The van der Waals surface area contributed by atoms with Crippen molar-refractivity contribution in [3.8, 4) is 0 Å². The van der Waals surface area contributed by atoms with Crippen LogP contribution in [0.5, 0.6) is 0 Å². The summed E-state index contributed by atoms with van der Waals surface area (Å²) in [4.78, 5) is 12.3. The monoisotopic (exact) mass is 851 g/mol. The number of allylic oxidation sites excluding steroid dienone is 12. The summed E-state index contributed by atoms with van der Waals surface area (Å²) in [5, 5.41) is 9.66. The third-order valence-electron chi connectivity index (χ3n) is 11.5. The highest BCUT2D eigenvalue weighted by Crippen LogP contribution is 2.15. The van der Waals surface area contributed by atoms with Crippen LogP contribution < -0.4 is 0 Å². The van der Waals surface area contributed by atoms with Crippen LogP contribution in [0.15, 0.2) is 72.9 Å². The van der Waals surface area contributed by atoms with Crippen LogP contribution in [0.4, 0.5) is 0 Å². The molecular formula is C57H102O4. The van der Waals surface area contributed by atoms with Crippen LogP contribution in [0, 0.1) is 0 Å². The lowest BCUT2D eigenvalue weighted by Crippen LogP contribution is -2.27. The number of rotatable bonds is 49. The van der Waals surface area contributed by atoms with E-state index in [4.69, 9.17) is 9.47 Å². The van der Waals surface area contributed by atoms with Gasteiger partial charge in [0.1, 0.15) is 6.10 Å². The molecule has 0 saturated heterocycles. The van der Waals surface area contributed by atoms with E-state index >= 15 is 0 Å². The molecule has 0 radical (unpaired) electrons. The van der Waals surface area contributed by atoms with Crippen molar-refractivity contribution in [1.29, 1.82) is 0 Å². The largest absolute Gasteiger partial charge is 0.457 e. The number of unbranched alkanes of at least 4 members (excludes halogenated alkanes) is 29. The number of aliphatic hydroxyl groups excluding tert-OH is 1. The minimum atomic E-state index is -0.541. The van der Waals surface area contributed by atoms with Gasteiger partial charge in [-0.3, -0.25) is 4.79 Å². The van der Waals surface area contributed by atoms with Gasteiger partial charge in [0.25, 0.3) is 0 Å². The number of ether oxygens (including phenoxy) is 2. The normalized spacial score (nSPS) is 12.9. The molecule has 354 valence electrons. The van der Waals surface area contributed by atoms with Crippen molar-refractivity contribution in [3.63, 3.8) is 0 Å². The fraction of sp³-hybridized carbons (Fsp3) is 0.772. The molecule has 4 nitrogen and oxygen atoms in total. The molecule has 1 unspecified atom stereocenters. The van der Waals surface area contributed by atoms with Crippen molar-refractivity contribution in [3.05, 3.63) is 72.9 Å². The van der Waals surface area contributed by atoms with Gasteiger partial charge in [-0.2, -0.15) is 0 Å². The molecule has 4 heteroatoms. The fourth-order valence-electron chi connectivity index (χ4n) is 7.59. The number of carbonyl (C=O) groups is 1. The Hall–Kier alpha value is -2.17. The highest BCUT2D eigenvalue weighted by molar-refractivity contribution is 5.69.